The van der Waals surface area contributed by atoms with Crippen LogP contribution in [0.25, 0.3) is 11.1 Å². The number of nitrogens with one attached hydrogen (secondary N) is 2. The summed E-state index contributed by atoms with van der Waals surface area (Å²) in [6.07, 6.45) is 4.92. The first-order valence-electron chi connectivity index (χ1n) is 11.7. The van der Waals surface area contributed by atoms with Crippen molar-refractivity contribution in [1.29, 1.82) is 0 Å². The van der Waals surface area contributed by atoms with Crippen LogP contribution in [0.5, 0.6) is 0 Å². The molecule has 1 amide bonds. The van der Waals surface area contributed by atoms with Crippen molar-refractivity contribution >= 4 is 33.1 Å². The Balaban J connectivity index is 1.69. The van der Waals surface area contributed by atoms with Gasteiger partial charge in [-0.05, 0) is 66.1 Å². The number of pyridine rings is 2. The monoisotopic (exact) mass is 515 g/mol. The summed E-state index contributed by atoms with van der Waals surface area (Å²) in [5.74, 6) is 0.421. The molecule has 0 aliphatic carbocycles. The summed E-state index contributed by atoms with van der Waals surface area (Å²) in [4.78, 5) is 24.2. The minimum absolute atomic E-state index is 0.245. The molecule has 37 heavy (non-hydrogen) atoms. The zero-order chi connectivity index (χ0) is 26.4. The van der Waals surface area contributed by atoms with Crippen LogP contribution in [0.4, 0.5) is 17.2 Å². The van der Waals surface area contributed by atoms with Gasteiger partial charge in [0.2, 0.25) is 15.9 Å². The molecular formula is C28H29N5O3S. The molecule has 0 fully saturated rings. The number of aromatic nitrogens is 2. The van der Waals surface area contributed by atoms with E-state index in [4.69, 9.17) is 0 Å². The maximum absolute atomic E-state index is 13.7. The average Bonchev–Trinajstić information content (AvgIpc) is 2.87. The van der Waals surface area contributed by atoms with E-state index in [0.29, 0.717) is 23.6 Å². The number of nitrogens with zero attached hydrogens (tertiary/aromatic N) is 3. The highest BCUT2D eigenvalue weighted by atomic mass is 32.2. The molecule has 0 saturated heterocycles. The van der Waals surface area contributed by atoms with Gasteiger partial charge in [-0.25, -0.2) is 13.4 Å². The van der Waals surface area contributed by atoms with Crippen molar-refractivity contribution in [3.63, 3.8) is 0 Å². The summed E-state index contributed by atoms with van der Waals surface area (Å²) in [5, 5.41) is 3.01. The summed E-state index contributed by atoms with van der Waals surface area (Å²) in [7, 11) is -1.69. The Morgan fingerprint density at radius 3 is 2.30 bits per heavy atom. The number of likely N-dealkylation sites (N-methyl/N-ethyl adjacent to an activating group) is 1. The van der Waals surface area contributed by atoms with Crippen molar-refractivity contribution in [1.82, 2.24) is 9.97 Å². The molecule has 2 heterocycles. The van der Waals surface area contributed by atoms with Crippen molar-refractivity contribution in [2.45, 2.75) is 19.4 Å². The number of sulfonamides is 1. The van der Waals surface area contributed by atoms with Crippen molar-refractivity contribution in [3.8, 4) is 11.1 Å². The molecule has 8 nitrogen and oxygen atoms in total. The summed E-state index contributed by atoms with van der Waals surface area (Å²) in [5.41, 5.74) is 4.24. The third-order valence-corrected chi connectivity index (χ3v) is 6.39. The third kappa shape index (κ3) is 7.14. The predicted molar refractivity (Wildman–Crippen MR) is 148 cm³/mol. The molecule has 0 radical (unpaired) electrons. The lowest BCUT2D eigenvalue weighted by Crippen LogP contribution is -2.44. The lowest BCUT2D eigenvalue weighted by Gasteiger charge is -2.28. The van der Waals surface area contributed by atoms with Crippen LogP contribution in [0.2, 0.25) is 0 Å². The molecule has 1 atom stereocenters. The Morgan fingerprint density at radius 1 is 0.892 bits per heavy atom. The van der Waals surface area contributed by atoms with Gasteiger partial charge in [-0.1, -0.05) is 36.4 Å². The molecule has 2 aromatic heterocycles. The molecule has 190 valence electrons. The van der Waals surface area contributed by atoms with Crippen molar-refractivity contribution < 1.29 is 13.2 Å². The van der Waals surface area contributed by atoms with E-state index >= 15 is 0 Å². The highest BCUT2D eigenvalue weighted by Gasteiger charge is 2.25. The van der Waals surface area contributed by atoms with E-state index in [1.54, 1.807) is 24.5 Å². The summed E-state index contributed by atoms with van der Waals surface area (Å²) in [6, 6.07) is 23.6. The van der Waals surface area contributed by atoms with E-state index in [1.807, 2.05) is 85.6 Å². The summed E-state index contributed by atoms with van der Waals surface area (Å²) >= 11 is 0. The van der Waals surface area contributed by atoms with Gasteiger partial charge >= 0.3 is 0 Å². The van der Waals surface area contributed by atoms with Gasteiger partial charge in [-0.2, -0.15) is 0 Å². The molecule has 0 bridgehead atoms. The number of rotatable bonds is 9. The third-order valence-electron chi connectivity index (χ3n) is 5.79. The van der Waals surface area contributed by atoms with Gasteiger partial charge in [0.15, 0.2) is 0 Å². The van der Waals surface area contributed by atoms with Gasteiger partial charge in [0.25, 0.3) is 0 Å². The second kappa shape index (κ2) is 11.2. The van der Waals surface area contributed by atoms with E-state index in [2.05, 4.69) is 20.0 Å². The Kier molecular flexibility index (Phi) is 7.83. The van der Waals surface area contributed by atoms with Gasteiger partial charge in [-0.3, -0.25) is 14.5 Å². The van der Waals surface area contributed by atoms with Crippen molar-refractivity contribution in [2.24, 2.45) is 0 Å². The van der Waals surface area contributed by atoms with Crippen LogP contribution in [0.1, 0.15) is 11.3 Å². The minimum Gasteiger partial charge on any atom is -0.347 e. The standard InChI is InChI=1S/C28H29N5O3S/c1-20-15-22(12-14-29-20)23-17-24(19-25(18-23)32-37(3,35)36)31-28(34)26(16-21-9-5-4-6-10-21)33(2)27-11-7-8-13-30-27/h4-15,17-19,26,32H,16H2,1-3H3,(H,31,34)/t26-/m0/s1. The molecule has 4 aromatic rings. The van der Waals surface area contributed by atoms with E-state index in [-0.39, 0.29) is 5.91 Å². The van der Waals surface area contributed by atoms with Gasteiger partial charge in [0.05, 0.1) is 11.9 Å². The van der Waals surface area contributed by atoms with Crippen LogP contribution in [-0.4, -0.2) is 43.6 Å². The topological polar surface area (TPSA) is 104 Å². The fourth-order valence-electron chi connectivity index (χ4n) is 4.06. The highest BCUT2D eigenvalue weighted by Crippen LogP contribution is 2.29. The molecule has 2 aromatic carbocycles. The fraction of sp³-hybridized carbons (Fsp3) is 0.179. The van der Waals surface area contributed by atoms with Crippen LogP contribution in [0, 0.1) is 6.92 Å². The first-order chi connectivity index (χ1) is 17.7. The lowest BCUT2D eigenvalue weighted by molar-refractivity contribution is -0.117. The SMILES string of the molecule is Cc1cc(-c2cc(NC(=O)[C@H](Cc3ccccc3)N(C)c3ccccn3)cc(NS(C)(=O)=O)c2)ccn1. The molecular weight excluding hydrogens is 486 g/mol. The second-order valence-corrected chi connectivity index (χ2v) is 10.6. The number of carbonyl (C=O) groups excluding carboxylic acids is 1. The number of benzene rings is 2. The zero-order valence-corrected chi connectivity index (χ0v) is 21.7. The smallest absolute Gasteiger partial charge is 0.247 e. The highest BCUT2D eigenvalue weighted by molar-refractivity contribution is 7.92. The molecule has 0 aliphatic heterocycles. The molecule has 4 rings (SSSR count). The lowest BCUT2D eigenvalue weighted by atomic mass is 10.0. The van der Waals surface area contributed by atoms with Gasteiger partial charge in [-0.15, -0.1) is 0 Å². The Morgan fingerprint density at radius 2 is 1.62 bits per heavy atom. The van der Waals surface area contributed by atoms with Crippen LogP contribution in [-0.2, 0) is 21.2 Å². The quantitative estimate of drug-likeness (QED) is 0.340. The van der Waals surface area contributed by atoms with Crippen LogP contribution in [0.15, 0.2) is 91.3 Å². The largest absolute Gasteiger partial charge is 0.347 e. The van der Waals surface area contributed by atoms with Crippen LogP contribution >= 0.6 is 0 Å². The first-order valence-corrected chi connectivity index (χ1v) is 13.6. The van der Waals surface area contributed by atoms with Crippen molar-refractivity contribution in [3.05, 3.63) is 103 Å². The molecule has 2 N–H and O–H groups in total. The Labute approximate surface area is 217 Å². The fourth-order valence-corrected chi connectivity index (χ4v) is 4.60. The Hall–Kier alpha value is -4.24. The van der Waals surface area contributed by atoms with Gasteiger partial charge in [0.1, 0.15) is 11.9 Å². The molecule has 0 saturated carbocycles. The minimum atomic E-state index is -3.53. The number of hydrogen-bond acceptors (Lipinski definition) is 6. The second-order valence-electron chi connectivity index (χ2n) is 8.85. The average molecular weight is 516 g/mol. The maximum Gasteiger partial charge on any atom is 0.247 e. The zero-order valence-electron chi connectivity index (χ0n) is 20.9. The number of anilines is 3. The van der Waals surface area contributed by atoms with Gasteiger partial charge < -0.3 is 10.2 Å². The summed E-state index contributed by atoms with van der Waals surface area (Å²) < 4.78 is 26.5. The van der Waals surface area contributed by atoms with Gasteiger partial charge in [0, 0.05) is 37.2 Å². The van der Waals surface area contributed by atoms with Crippen LogP contribution in [0.3, 0.4) is 0 Å². The normalized spacial score (nSPS) is 12.0. The maximum atomic E-state index is 13.7. The van der Waals surface area contributed by atoms with E-state index in [0.717, 1.165) is 28.6 Å². The molecule has 0 aliphatic rings. The van der Waals surface area contributed by atoms with E-state index in [9.17, 15) is 13.2 Å². The van der Waals surface area contributed by atoms with Crippen LogP contribution < -0.4 is 14.9 Å². The predicted octanol–water partition coefficient (Wildman–Crippen LogP) is 4.51. The number of aryl methyl sites for hydroxylation is 1. The molecule has 0 spiro atoms. The summed E-state index contributed by atoms with van der Waals surface area (Å²) in [6.45, 7) is 1.88. The number of carbonyl (C=O) groups is 1. The molecule has 9 heteroatoms. The first kappa shape index (κ1) is 25.8. The molecule has 0 unspecified atom stereocenters. The number of hydrogen-bond donors (Lipinski definition) is 2. The van der Waals surface area contributed by atoms with E-state index in [1.165, 1.54) is 0 Å². The van der Waals surface area contributed by atoms with Crippen molar-refractivity contribution in [2.75, 3.05) is 28.2 Å². The van der Waals surface area contributed by atoms with E-state index < -0.39 is 16.1 Å². The number of amides is 1. The Bertz CT molecular complexity index is 1480.